The van der Waals surface area contributed by atoms with Gasteiger partial charge >= 0.3 is 0 Å². The third kappa shape index (κ3) is 5.18. The average Bonchev–Trinajstić information content (AvgIpc) is 2.67. The standard InChI is InChI=1S/C19H31N3O2S2/c1-4-6-11-20-19(25)21-12-14-22(15-13-21)26(23,24)18-9-7-17(8-10-18)16(3)5-2/h7-10,16H,4-6,11-15H2,1-3H3,(H,20,25)/t16-/m1/s1. The number of hydrogen-bond donors (Lipinski definition) is 1. The van der Waals surface area contributed by atoms with Crippen molar-refractivity contribution in [3.8, 4) is 0 Å². The summed E-state index contributed by atoms with van der Waals surface area (Å²) >= 11 is 5.41. The van der Waals surface area contributed by atoms with Crippen LogP contribution in [0.5, 0.6) is 0 Å². The first kappa shape index (κ1) is 21.1. The highest BCUT2D eigenvalue weighted by Crippen LogP contribution is 2.23. The summed E-state index contributed by atoms with van der Waals surface area (Å²) in [7, 11) is -3.44. The normalized spacial score (nSPS) is 17.1. The van der Waals surface area contributed by atoms with Crippen LogP contribution in [-0.4, -0.2) is 55.5 Å². The number of thiocarbonyl (C=S) groups is 1. The van der Waals surface area contributed by atoms with Gasteiger partial charge in [0.25, 0.3) is 0 Å². The van der Waals surface area contributed by atoms with Crippen LogP contribution >= 0.6 is 12.2 Å². The Hall–Kier alpha value is -1.18. The molecule has 7 heteroatoms. The van der Waals surface area contributed by atoms with Gasteiger partial charge in [0.2, 0.25) is 10.0 Å². The minimum Gasteiger partial charge on any atom is -0.363 e. The van der Waals surface area contributed by atoms with E-state index < -0.39 is 10.0 Å². The van der Waals surface area contributed by atoms with Gasteiger partial charge in [0, 0.05) is 32.7 Å². The van der Waals surface area contributed by atoms with E-state index in [1.165, 1.54) is 5.56 Å². The van der Waals surface area contributed by atoms with Crippen molar-refractivity contribution >= 4 is 27.4 Å². The quantitative estimate of drug-likeness (QED) is 0.566. The molecule has 0 unspecified atom stereocenters. The second kappa shape index (κ2) is 9.67. The Bertz CT molecular complexity index is 681. The van der Waals surface area contributed by atoms with Gasteiger partial charge in [-0.2, -0.15) is 4.31 Å². The first-order valence-corrected chi connectivity index (χ1v) is 11.4. The van der Waals surface area contributed by atoms with Gasteiger partial charge in [-0.15, -0.1) is 0 Å². The van der Waals surface area contributed by atoms with Gasteiger partial charge in [-0.25, -0.2) is 8.42 Å². The van der Waals surface area contributed by atoms with Crippen molar-refractivity contribution in [2.75, 3.05) is 32.7 Å². The number of unbranched alkanes of at least 4 members (excludes halogenated alkanes) is 1. The van der Waals surface area contributed by atoms with Crippen molar-refractivity contribution in [2.24, 2.45) is 0 Å². The van der Waals surface area contributed by atoms with E-state index in [1.54, 1.807) is 16.4 Å². The summed E-state index contributed by atoms with van der Waals surface area (Å²) in [5, 5.41) is 3.98. The topological polar surface area (TPSA) is 52.6 Å². The molecule has 0 saturated carbocycles. The van der Waals surface area contributed by atoms with Crippen LogP contribution < -0.4 is 5.32 Å². The summed E-state index contributed by atoms with van der Waals surface area (Å²) in [6, 6.07) is 7.34. The van der Waals surface area contributed by atoms with Crippen LogP contribution in [0.15, 0.2) is 29.2 Å². The van der Waals surface area contributed by atoms with Crippen LogP contribution in [0.2, 0.25) is 0 Å². The molecule has 1 aromatic rings. The van der Waals surface area contributed by atoms with Crippen LogP contribution in [0.3, 0.4) is 0 Å². The van der Waals surface area contributed by atoms with Crippen molar-refractivity contribution < 1.29 is 8.42 Å². The molecule has 0 amide bonds. The largest absolute Gasteiger partial charge is 0.363 e. The molecule has 0 aromatic heterocycles. The van der Waals surface area contributed by atoms with Crippen molar-refractivity contribution in [3.63, 3.8) is 0 Å². The lowest BCUT2D eigenvalue weighted by Gasteiger charge is -2.35. The molecule has 0 aliphatic carbocycles. The van der Waals surface area contributed by atoms with Crippen LogP contribution in [0.1, 0.15) is 51.5 Å². The van der Waals surface area contributed by atoms with E-state index in [2.05, 4.69) is 31.0 Å². The molecule has 1 heterocycles. The molecular formula is C19H31N3O2S2. The van der Waals surface area contributed by atoms with Crippen LogP contribution in [0, 0.1) is 0 Å². The molecule has 2 rings (SSSR count). The number of piperazine rings is 1. The van der Waals surface area contributed by atoms with Gasteiger partial charge in [-0.3, -0.25) is 0 Å². The maximum absolute atomic E-state index is 12.9. The van der Waals surface area contributed by atoms with Gasteiger partial charge in [-0.1, -0.05) is 39.3 Å². The number of benzene rings is 1. The van der Waals surface area contributed by atoms with Crippen molar-refractivity contribution in [1.29, 1.82) is 0 Å². The summed E-state index contributed by atoms with van der Waals surface area (Å²) in [5.74, 6) is 0.441. The fourth-order valence-corrected chi connectivity index (χ4v) is 4.68. The summed E-state index contributed by atoms with van der Waals surface area (Å²) in [4.78, 5) is 2.44. The zero-order valence-corrected chi connectivity index (χ0v) is 17.7. The maximum Gasteiger partial charge on any atom is 0.243 e. The third-order valence-corrected chi connectivity index (χ3v) is 7.35. The number of hydrogen-bond acceptors (Lipinski definition) is 3. The van der Waals surface area contributed by atoms with Crippen LogP contribution in [0.25, 0.3) is 0 Å². The average molecular weight is 398 g/mol. The van der Waals surface area contributed by atoms with E-state index >= 15 is 0 Å². The summed E-state index contributed by atoms with van der Waals surface area (Å²) in [5.41, 5.74) is 1.18. The minimum atomic E-state index is -3.44. The molecule has 1 atom stereocenters. The fourth-order valence-electron chi connectivity index (χ4n) is 2.97. The van der Waals surface area contributed by atoms with E-state index in [9.17, 15) is 8.42 Å². The van der Waals surface area contributed by atoms with E-state index in [1.807, 2.05) is 12.1 Å². The monoisotopic (exact) mass is 397 g/mol. The third-order valence-electron chi connectivity index (χ3n) is 5.03. The SMILES string of the molecule is CCCCNC(=S)N1CCN(S(=O)(=O)c2ccc([C@H](C)CC)cc2)CC1. The van der Waals surface area contributed by atoms with Gasteiger partial charge in [0.15, 0.2) is 5.11 Å². The molecule has 0 bridgehead atoms. The summed E-state index contributed by atoms with van der Waals surface area (Å²) in [6.07, 6.45) is 3.25. The van der Waals surface area contributed by atoms with E-state index in [-0.39, 0.29) is 0 Å². The highest BCUT2D eigenvalue weighted by atomic mass is 32.2. The lowest BCUT2D eigenvalue weighted by Crippen LogP contribution is -2.53. The van der Waals surface area contributed by atoms with Gasteiger partial charge in [-0.05, 0) is 48.7 Å². The predicted octanol–water partition coefficient (Wildman–Crippen LogP) is 3.18. The fraction of sp³-hybridized carbons (Fsp3) is 0.632. The Balaban J connectivity index is 1.96. The van der Waals surface area contributed by atoms with Crippen molar-refractivity contribution in [2.45, 2.75) is 50.8 Å². The first-order valence-electron chi connectivity index (χ1n) is 9.53. The van der Waals surface area contributed by atoms with E-state index in [4.69, 9.17) is 12.2 Å². The molecule has 1 aromatic carbocycles. The summed E-state index contributed by atoms with van der Waals surface area (Å²) in [6.45, 7) is 9.48. The minimum absolute atomic E-state index is 0.377. The molecule has 1 aliphatic heterocycles. The van der Waals surface area contributed by atoms with Crippen molar-refractivity contribution in [1.82, 2.24) is 14.5 Å². The highest BCUT2D eigenvalue weighted by Gasteiger charge is 2.29. The second-order valence-electron chi connectivity index (χ2n) is 6.85. The predicted molar refractivity (Wildman–Crippen MR) is 111 cm³/mol. The number of rotatable bonds is 7. The first-order chi connectivity index (χ1) is 12.4. The number of sulfonamides is 1. The zero-order chi connectivity index (χ0) is 19.2. The van der Waals surface area contributed by atoms with E-state index in [0.29, 0.717) is 37.0 Å². The lowest BCUT2D eigenvalue weighted by atomic mass is 9.99. The number of nitrogens with one attached hydrogen (secondary N) is 1. The van der Waals surface area contributed by atoms with Gasteiger partial charge < -0.3 is 10.2 Å². The Labute approximate surface area is 163 Å². The second-order valence-corrected chi connectivity index (χ2v) is 9.18. The molecule has 146 valence electrons. The molecule has 1 aliphatic rings. The van der Waals surface area contributed by atoms with E-state index in [0.717, 1.165) is 30.9 Å². The Morgan fingerprint density at radius 2 is 1.77 bits per heavy atom. The van der Waals surface area contributed by atoms with Gasteiger partial charge in [0.1, 0.15) is 0 Å². The lowest BCUT2D eigenvalue weighted by molar-refractivity contribution is 0.264. The van der Waals surface area contributed by atoms with Crippen LogP contribution in [-0.2, 0) is 10.0 Å². The molecule has 1 saturated heterocycles. The molecule has 5 nitrogen and oxygen atoms in total. The Kier molecular flexibility index (Phi) is 7.85. The van der Waals surface area contributed by atoms with Gasteiger partial charge in [0.05, 0.1) is 4.90 Å². The highest BCUT2D eigenvalue weighted by molar-refractivity contribution is 7.89. The number of nitrogens with zero attached hydrogens (tertiary/aromatic N) is 2. The molecule has 1 fully saturated rings. The molecule has 1 N–H and O–H groups in total. The van der Waals surface area contributed by atoms with Crippen molar-refractivity contribution in [3.05, 3.63) is 29.8 Å². The summed E-state index contributed by atoms with van der Waals surface area (Å²) < 4.78 is 27.3. The maximum atomic E-state index is 12.9. The Morgan fingerprint density at radius 3 is 2.31 bits per heavy atom. The zero-order valence-electron chi connectivity index (χ0n) is 16.1. The molecule has 0 spiro atoms. The Morgan fingerprint density at radius 1 is 1.15 bits per heavy atom. The molecule has 26 heavy (non-hydrogen) atoms. The molecular weight excluding hydrogens is 366 g/mol. The molecule has 0 radical (unpaired) electrons. The smallest absolute Gasteiger partial charge is 0.243 e. The van der Waals surface area contributed by atoms with Crippen LogP contribution in [0.4, 0.5) is 0 Å².